The fourth-order valence-corrected chi connectivity index (χ4v) is 2.64. The van der Waals surface area contributed by atoms with Gasteiger partial charge < -0.3 is 9.47 Å². The number of esters is 2. The maximum atomic E-state index is 12.3. The van der Waals surface area contributed by atoms with Gasteiger partial charge in [-0.25, -0.2) is 9.59 Å². The number of benzene rings is 3. The fourth-order valence-electron chi connectivity index (χ4n) is 2.64. The van der Waals surface area contributed by atoms with E-state index in [0.717, 1.165) is 21.5 Å². The number of carbonyl (C=O) groups excluding carboxylic acids is 2. The molecule has 1 fully saturated rings. The van der Waals surface area contributed by atoms with E-state index in [1.807, 2.05) is 48.5 Å². The Labute approximate surface area is 126 Å². The van der Waals surface area contributed by atoms with Gasteiger partial charge in [-0.2, -0.15) is 0 Å². The van der Waals surface area contributed by atoms with E-state index in [4.69, 9.17) is 4.74 Å². The summed E-state index contributed by atoms with van der Waals surface area (Å²) in [5.41, 5.74) is 0.461. The van der Waals surface area contributed by atoms with Gasteiger partial charge in [-0.05, 0) is 39.7 Å². The summed E-state index contributed by atoms with van der Waals surface area (Å²) in [5, 5.41) is 3.95. The molecule has 4 heteroatoms. The van der Waals surface area contributed by atoms with E-state index < -0.39 is 18.0 Å². The van der Waals surface area contributed by atoms with Crippen LogP contribution in [0.3, 0.4) is 0 Å². The number of ether oxygens (including phenoxy) is 2. The molecule has 4 rings (SSSR count). The van der Waals surface area contributed by atoms with Crippen molar-refractivity contribution in [1.82, 2.24) is 0 Å². The third-order valence-corrected chi connectivity index (χ3v) is 3.86. The quantitative estimate of drug-likeness (QED) is 0.538. The van der Waals surface area contributed by atoms with Gasteiger partial charge in [-0.3, -0.25) is 0 Å². The van der Waals surface area contributed by atoms with Gasteiger partial charge in [0.05, 0.1) is 5.56 Å². The lowest BCUT2D eigenvalue weighted by Gasteiger charge is -2.24. The molecule has 0 bridgehead atoms. The summed E-state index contributed by atoms with van der Waals surface area (Å²) < 4.78 is 9.80. The van der Waals surface area contributed by atoms with Crippen LogP contribution in [0.2, 0.25) is 0 Å². The highest BCUT2D eigenvalue weighted by atomic mass is 16.6. The first-order valence-electron chi connectivity index (χ1n) is 7.01. The van der Waals surface area contributed by atoms with Crippen molar-refractivity contribution in [2.75, 3.05) is 6.61 Å². The summed E-state index contributed by atoms with van der Waals surface area (Å²) >= 11 is 0. The van der Waals surface area contributed by atoms with Gasteiger partial charge in [0.15, 0.2) is 0 Å². The van der Waals surface area contributed by atoms with Crippen LogP contribution in [0.4, 0.5) is 0 Å². The number of fused-ring (bicyclic) bond motifs is 2. The molecule has 0 amide bonds. The summed E-state index contributed by atoms with van der Waals surface area (Å²) in [6, 6.07) is 17.5. The van der Waals surface area contributed by atoms with Crippen LogP contribution in [0.5, 0.6) is 0 Å². The van der Waals surface area contributed by atoms with Gasteiger partial charge in [0.1, 0.15) is 6.61 Å². The highest BCUT2D eigenvalue weighted by molar-refractivity contribution is 6.09. The van der Waals surface area contributed by atoms with Crippen molar-refractivity contribution < 1.29 is 19.1 Å². The minimum Gasteiger partial charge on any atom is -0.458 e. The minimum absolute atomic E-state index is 0.137. The molecule has 1 aliphatic heterocycles. The maximum Gasteiger partial charge on any atom is 0.351 e. The first-order valence-corrected chi connectivity index (χ1v) is 7.01. The van der Waals surface area contributed by atoms with Crippen molar-refractivity contribution in [1.29, 1.82) is 0 Å². The molecule has 3 aromatic carbocycles. The van der Waals surface area contributed by atoms with Gasteiger partial charge in [0, 0.05) is 0 Å². The summed E-state index contributed by atoms with van der Waals surface area (Å²) in [6.45, 7) is 0.137. The topological polar surface area (TPSA) is 52.6 Å². The van der Waals surface area contributed by atoms with Crippen LogP contribution >= 0.6 is 0 Å². The Bertz CT molecular complexity index is 913. The molecule has 0 aliphatic carbocycles. The predicted octanol–water partition coefficient (Wildman–Crippen LogP) is 3.08. The van der Waals surface area contributed by atoms with Gasteiger partial charge >= 0.3 is 11.9 Å². The molecule has 1 heterocycles. The number of cyclic esters (lactones) is 1. The number of hydrogen-bond donors (Lipinski definition) is 0. The average Bonchev–Trinajstić information content (AvgIpc) is 2.55. The molecule has 1 unspecified atom stereocenters. The van der Waals surface area contributed by atoms with E-state index in [-0.39, 0.29) is 6.61 Å². The predicted molar refractivity (Wildman–Crippen MR) is 81.6 cm³/mol. The van der Waals surface area contributed by atoms with E-state index in [1.54, 1.807) is 6.07 Å². The van der Waals surface area contributed by atoms with Crippen LogP contribution in [0.25, 0.3) is 21.5 Å². The second-order valence-electron chi connectivity index (χ2n) is 5.25. The van der Waals surface area contributed by atoms with E-state index >= 15 is 0 Å². The largest absolute Gasteiger partial charge is 0.458 e. The fraction of sp³-hybridized carbons (Fsp3) is 0.111. The molecule has 3 aromatic rings. The molecule has 1 atom stereocenters. The molecule has 0 N–H and O–H groups in total. The SMILES string of the molecule is O=C(OC1COC1=O)c1cccc2cc3ccccc3cc12. The highest BCUT2D eigenvalue weighted by Crippen LogP contribution is 2.26. The number of rotatable bonds is 2. The zero-order valence-corrected chi connectivity index (χ0v) is 11.6. The van der Waals surface area contributed by atoms with Crippen molar-refractivity contribution in [3.63, 3.8) is 0 Å². The number of carbonyl (C=O) groups is 2. The molecule has 108 valence electrons. The molecule has 0 spiro atoms. The molecule has 22 heavy (non-hydrogen) atoms. The lowest BCUT2D eigenvalue weighted by molar-refractivity contribution is -0.179. The Morgan fingerprint density at radius 1 is 1.00 bits per heavy atom. The van der Waals surface area contributed by atoms with Crippen molar-refractivity contribution in [2.45, 2.75) is 6.10 Å². The molecule has 0 radical (unpaired) electrons. The van der Waals surface area contributed by atoms with Crippen molar-refractivity contribution in [3.8, 4) is 0 Å². The molecule has 0 saturated carbocycles. The van der Waals surface area contributed by atoms with E-state index in [9.17, 15) is 9.59 Å². The van der Waals surface area contributed by atoms with Crippen LogP contribution in [0, 0.1) is 0 Å². The first kappa shape index (κ1) is 12.8. The zero-order chi connectivity index (χ0) is 15.1. The Morgan fingerprint density at radius 2 is 1.73 bits per heavy atom. The van der Waals surface area contributed by atoms with Gasteiger partial charge in [0.25, 0.3) is 0 Å². The molecule has 1 aliphatic rings. The lowest BCUT2D eigenvalue weighted by Crippen LogP contribution is -2.43. The summed E-state index contributed by atoms with van der Waals surface area (Å²) in [4.78, 5) is 23.4. The maximum absolute atomic E-state index is 12.3. The first-order chi connectivity index (χ1) is 10.7. The van der Waals surface area contributed by atoms with Crippen LogP contribution in [0.15, 0.2) is 54.6 Å². The van der Waals surface area contributed by atoms with Crippen LogP contribution in [-0.2, 0) is 14.3 Å². The van der Waals surface area contributed by atoms with E-state index in [2.05, 4.69) is 4.74 Å². The summed E-state index contributed by atoms with van der Waals surface area (Å²) in [6.07, 6.45) is -0.775. The van der Waals surface area contributed by atoms with Crippen molar-refractivity contribution in [2.24, 2.45) is 0 Å². The van der Waals surface area contributed by atoms with Gasteiger partial charge in [-0.1, -0.05) is 36.4 Å². The smallest absolute Gasteiger partial charge is 0.351 e. The molecular formula is C18H12O4. The molecule has 0 aromatic heterocycles. The standard InChI is InChI=1S/C18H12O4/c19-17(22-16-10-21-18(16)20)14-7-3-6-13-8-11-4-1-2-5-12(11)9-15(13)14/h1-9,16H,10H2. The zero-order valence-electron chi connectivity index (χ0n) is 11.6. The second-order valence-corrected chi connectivity index (χ2v) is 5.25. The Hall–Kier alpha value is -2.88. The highest BCUT2D eigenvalue weighted by Gasteiger charge is 2.35. The van der Waals surface area contributed by atoms with Crippen LogP contribution in [-0.4, -0.2) is 24.6 Å². The van der Waals surface area contributed by atoms with E-state index in [0.29, 0.717) is 5.56 Å². The minimum atomic E-state index is -0.775. The van der Waals surface area contributed by atoms with E-state index in [1.165, 1.54) is 0 Å². The Morgan fingerprint density at radius 3 is 2.41 bits per heavy atom. The van der Waals surface area contributed by atoms with Crippen LogP contribution in [0.1, 0.15) is 10.4 Å². The Kier molecular flexibility index (Phi) is 2.82. The van der Waals surface area contributed by atoms with Crippen molar-refractivity contribution >= 4 is 33.5 Å². The summed E-state index contributed by atoms with van der Waals surface area (Å²) in [5.74, 6) is -0.985. The van der Waals surface area contributed by atoms with Gasteiger partial charge in [0.2, 0.25) is 6.10 Å². The third kappa shape index (κ3) is 2.00. The van der Waals surface area contributed by atoms with Crippen molar-refractivity contribution in [3.05, 3.63) is 60.2 Å². The normalized spacial score (nSPS) is 17.1. The second kappa shape index (κ2) is 4.84. The summed E-state index contributed by atoms with van der Waals surface area (Å²) in [7, 11) is 0. The molecular weight excluding hydrogens is 280 g/mol. The third-order valence-electron chi connectivity index (χ3n) is 3.86. The monoisotopic (exact) mass is 292 g/mol. The Balaban J connectivity index is 1.81. The molecule has 4 nitrogen and oxygen atoms in total. The van der Waals surface area contributed by atoms with Gasteiger partial charge in [-0.15, -0.1) is 0 Å². The number of hydrogen-bond acceptors (Lipinski definition) is 4. The van der Waals surface area contributed by atoms with Crippen LogP contribution < -0.4 is 0 Å². The average molecular weight is 292 g/mol. The molecule has 1 saturated heterocycles. The lowest BCUT2D eigenvalue weighted by atomic mass is 10.00.